The summed E-state index contributed by atoms with van der Waals surface area (Å²) in [4.78, 5) is 0. The fourth-order valence-electron chi connectivity index (χ4n) is 2.38. The number of methoxy groups -OCH3 is 1. The van der Waals surface area contributed by atoms with Gasteiger partial charge in [0, 0.05) is 24.0 Å². The Hall–Kier alpha value is -0.330. The van der Waals surface area contributed by atoms with Crippen molar-refractivity contribution < 1.29 is 14.2 Å². The van der Waals surface area contributed by atoms with E-state index in [0.29, 0.717) is 30.0 Å². The quantitative estimate of drug-likeness (QED) is 0.705. The van der Waals surface area contributed by atoms with Crippen molar-refractivity contribution in [3.63, 3.8) is 0 Å². The summed E-state index contributed by atoms with van der Waals surface area (Å²) in [5.74, 6) is 0.686. The largest absolute Gasteiger partial charge is 0.486 e. The van der Waals surface area contributed by atoms with Crippen LogP contribution in [0.3, 0.4) is 0 Å². The summed E-state index contributed by atoms with van der Waals surface area (Å²) in [6, 6.07) is 5.92. The first-order valence-corrected chi connectivity index (χ1v) is 8.28. The van der Waals surface area contributed by atoms with Crippen LogP contribution in [0.2, 0.25) is 5.02 Å². The van der Waals surface area contributed by atoms with Crippen LogP contribution in [0, 0.1) is 0 Å². The molecule has 3 unspecified atom stereocenters. The Bertz CT molecular complexity index is 461. The zero-order valence-corrected chi connectivity index (χ0v) is 14.6. The highest BCUT2D eigenvalue weighted by Gasteiger charge is 2.43. The van der Waals surface area contributed by atoms with E-state index in [1.807, 2.05) is 18.2 Å². The lowest BCUT2D eigenvalue weighted by atomic mass is 9.85. The summed E-state index contributed by atoms with van der Waals surface area (Å²) >= 11 is 9.60. The second kappa shape index (κ2) is 8.34. The molecule has 1 N–H and O–H groups in total. The maximum atomic E-state index is 6.17. The molecular formula is C15H21BrClNO3. The van der Waals surface area contributed by atoms with Crippen molar-refractivity contribution in [2.24, 2.45) is 0 Å². The Morgan fingerprint density at radius 1 is 1.38 bits per heavy atom. The van der Waals surface area contributed by atoms with Crippen LogP contribution in [0.25, 0.3) is 0 Å². The van der Waals surface area contributed by atoms with Gasteiger partial charge in [-0.1, -0.05) is 34.5 Å². The van der Waals surface area contributed by atoms with Crippen LogP contribution in [0.4, 0.5) is 0 Å². The molecule has 3 atom stereocenters. The lowest BCUT2D eigenvalue weighted by Gasteiger charge is -2.44. The van der Waals surface area contributed by atoms with Crippen molar-refractivity contribution in [2.45, 2.75) is 31.6 Å². The second-order valence-electron chi connectivity index (χ2n) is 4.96. The zero-order valence-electron chi connectivity index (χ0n) is 12.3. The average Bonchev–Trinajstić information content (AvgIpc) is 2.46. The van der Waals surface area contributed by atoms with E-state index in [2.05, 4.69) is 28.2 Å². The topological polar surface area (TPSA) is 39.7 Å². The standard InChI is InChI=1S/C15H21BrClNO3/c1-3-18-12-9-14(15(12)20-7-6-19-2)21-13-8-10(16)4-5-11(13)17/h4-5,8,12,14-15,18H,3,6-7,9H2,1-2H3. The molecule has 4 nitrogen and oxygen atoms in total. The van der Waals surface area contributed by atoms with Crippen LogP contribution in [-0.2, 0) is 9.47 Å². The Balaban J connectivity index is 1.96. The fourth-order valence-corrected chi connectivity index (χ4v) is 2.88. The summed E-state index contributed by atoms with van der Waals surface area (Å²) in [5.41, 5.74) is 0. The van der Waals surface area contributed by atoms with Crippen LogP contribution in [0.15, 0.2) is 22.7 Å². The monoisotopic (exact) mass is 377 g/mol. The van der Waals surface area contributed by atoms with Gasteiger partial charge in [-0.3, -0.25) is 0 Å². The summed E-state index contributed by atoms with van der Waals surface area (Å²) in [7, 11) is 1.67. The van der Waals surface area contributed by atoms with Gasteiger partial charge in [-0.2, -0.15) is 0 Å². The molecule has 1 aliphatic rings. The van der Waals surface area contributed by atoms with E-state index in [4.69, 9.17) is 25.8 Å². The van der Waals surface area contributed by atoms with E-state index in [0.717, 1.165) is 17.4 Å². The van der Waals surface area contributed by atoms with Crippen molar-refractivity contribution in [3.05, 3.63) is 27.7 Å². The summed E-state index contributed by atoms with van der Waals surface area (Å²) in [6.07, 6.45) is 0.946. The lowest BCUT2D eigenvalue weighted by molar-refractivity contribution is -0.115. The normalized spacial score (nSPS) is 24.7. The Morgan fingerprint density at radius 3 is 2.90 bits per heavy atom. The zero-order chi connectivity index (χ0) is 15.2. The minimum Gasteiger partial charge on any atom is -0.486 e. The van der Waals surface area contributed by atoms with Crippen molar-refractivity contribution in [3.8, 4) is 5.75 Å². The summed E-state index contributed by atoms with van der Waals surface area (Å²) in [6.45, 7) is 4.15. The number of likely N-dealkylation sites (N-methyl/N-ethyl adjacent to an activating group) is 1. The van der Waals surface area contributed by atoms with E-state index in [1.165, 1.54) is 0 Å². The first-order chi connectivity index (χ1) is 10.2. The highest BCUT2D eigenvalue weighted by atomic mass is 79.9. The Kier molecular flexibility index (Phi) is 6.76. The van der Waals surface area contributed by atoms with E-state index >= 15 is 0 Å². The van der Waals surface area contributed by atoms with Gasteiger partial charge in [0.1, 0.15) is 18.0 Å². The van der Waals surface area contributed by atoms with E-state index in [-0.39, 0.29) is 12.2 Å². The smallest absolute Gasteiger partial charge is 0.139 e. The predicted octanol–water partition coefficient (Wildman–Crippen LogP) is 3.26. The van der Waals surface area contributed by atoms with Gasteiger partial charge in [-0.25, -0.2) is 0 Å². The number of nitrogens with one attached hydrogen (secondary N) is 1. The predicted molar refractivity (Wildman–Crippen MR) is 87.3 cm³/mol. The van der Waals surface area contributed by atoms with E-state index in [9.17, 15) is 0 Å². The average molecular weight is 379 g/mol. The van der Waals surface area contributed by atoms with Crippen molar-refractivity contribution >= 4 is 27.5 Å². The number of ether oxygens (including phenoxy) is 3. The molecule has 0 radical (unpaired) electrons. The molecule has 1 saturated carbocycles. The molecule has 0 aliphatic heterocycles. The third kappa shape index (κ3) is 4.57. The minimum atomic E-state index is 0.0118. The third-order valence-corrected chi connectivity index (χ3v) is 4.29. The van der Waals surface area contributed by atoms with Crippen LogP contribution in [0.1, 0.15) is 13.3 Å². The van der Waals surface area contributed by atoms with Gasteiger partial charge in [-0.15, -0.1) is 0 Å². The number of halogens is 2. The van der Waals surface area contributed by atoms with Gasteiger partial charge in [0.2, 0.25) is 0 Å². The number of hydrogen-bond acceptors (Lipinski definition) is 4. The molecule has 1 aliphatic carbocycles. The fraction of sp³-hybridized carbons (Fsp3) is 0.600. The van der Waals surface area contributed by atoms with Gasteiger partial charge < -0.3 is 19.5 Å². The SMILES string of the molecule is CCNC1CC(Oc2cc(Br)ccc2Cl)C1OCCOC. The first-order valence-electron chi connectivity index (χ1n) is 7.11. The molecular weight excluding hydrogens is 358 g/mol. The number of rotatable bonds is 8. The Morgan fingerprint density at radius 2 is 2.19 bits per heavy atom. The Labute approximate surface area is 139 Å². The highest BCUT2D eigenvalue weighted by molar-refractivity contribution is 9.10. The van der Waals surface area contributed by atoms with Crippen molar-refractivity contribution in [2.75, 3.05) is 26.9 Å². The molecule has 0 bridgehead atoms. The molecule has 118 valence electrons. The molecule has 0 amide bonds. The molecule has 1 aromatic carbocycles. The molecule has 0 saturated heterocycles. The van der Waals surface area contributed by atoms with Crippen LogP contribution in [-0.4, -0.2) is 45.1 Å². The summed E-state index contributed by atoms with van der Waals surface area (Å²) in [5, 5.41) is 4.02. The van der Waals surface area contributed by atoms with Gasteiger partial charge in [0.05, 0.1) is 18.2 Å². The van der Waals surface area contributed by atoms with Gasteiger partial charge >= 0.3 is 0 Å². The molecule has 0 spiro atoms. The molecule has 21 heavy (non-hydrogen) atoms. The highest BCUT2D eigenvalue weighted by Crippen LogP contribution is 2.34. The van der Waals surface area contributed by atoms with Gasteiger partial charge in [0.25, 0.3) is 0 Å². The second-order valence-corrected chi connectivity index (χ2v) is 6.28. The summed E-state index contributed by atoms with van der Waals surface area (Å²) < 4.78 is 17.9. The van der Waals surface area contributed by atoms with Gasteiger partial charge in [0.15, 0.2) is 0 Å². The molecule has 6 heteroatoms. The maximum Gasteiger partial charge on any atom is 0.139 e. The van der Waals surface area contributed by atoms with Crippen molar-refractivity contribution in [1.82, 2.24) is 5.32 Å². The lowest BCUT2D eigenvalue weighted by Crippen LogP contribution is -2.61. The number of benzene rings is 1. The van der Waals surface area contributed by atoms with Gasteiger partial charge in [-0.05, 0) is 24.7 Å². The molecule has 2 rings (SSSR count). The first kappa shape index (κ1) is 17.0. The van der Waals surface area contributed by atoms with Crippen LogP contribution >= 0.6 is 27.5 Å². The van der Waals surface area contributed by atoms with E-state index < -0.39 is 0 Å². The van der Waals surface area contributed by atoms with Crippen molar-refractivity contribution in [1.29, 1.82) is 0 Å². The molecule has 1 aromatic rings. The van der Waals surface area contributed by atoms with E-state index in [1.54, 1.807) is 7.11 Å². The number of hydrogen-bond donors (Lipinski definition) is 1. The minimum absolute atomic E-state index is 0.0118. The van der Waals surface area contributed by atoms with Crippen LogP contribution in [0.5, 0.6) is 5.75 Å². The molecule has 0 heterocycles. The third-order valence-electron chi connectivity index (χ3n) is 3.48. The van der Waals surface area contributed by atoms with Crippen LogP contribution < -0.4 is 10.1 Å². The maximum absolute atomic E-state index is 6.17. The molecule has 0 aromatic heterocycles. The molecule has 1 fully saturated rings.